The molecule has 18 heavy (non-hydrogen) atoms. The van der Waals surface area contributed by atoms with Gasteiger partial charge in [-0.15, -0.1) is 0 Å². The van der Waals surface area contributed by atoms with Crippen molar-refractivity contribution in [1.29, 1.82) is 0 Å². The molecule has 0 aliphatic rings. The van der Waals surface area contributed by atoms with Crippen molar-refractivity contribution in [3.63, 3.8) is 0 Å². The second kappa shape index (κ2) is 6.64. The van der Waals surface area contributed by atoms with Crippen molar-refractivity contribution in [2.45, 2.75) is 19.1 Å². The van der Waals surface area contributed by atoms with E-state index >= 15 is 0 Å². The van der Waals surface area contributed by atoms with E-state index in [1.54, 1.807) is 0 Å². The van der Waals surface area contributed by atoms with Crippen LogP contribution >= 0.6 is 0 Å². The van der Waals surface area contributed by atoms with Crippen molar-refractivity contribution < 1.29 is 37.9 Å². The minimum atomic E-state index is -4.41. The maximum absolute atomic E-state index is 10.7. The Bertz CT molecular complexity index is 405. The van der Waals surface area contributed by atoms with Crippen LogP contribution in [-0.2, 0) is 19.7 Å². The normalized spacial score (nSPS) is 15.3. The SMILES string of the molecule is CC(C(=O)O)N(CC(=O)O)CC(O)CS(=O)(=O)O. The quantitative estimate of drug-likeness (QED) is 0.374. The summed E-state index contributed by atoms with van der Waals surface area (Å²) in [6, 6.07) is -1.21. The lowest BCUT2D eigenvalue weighted by Crippen LogP contribution is -2.47. The smallest absolute Gasteiger partial charge is 0.320 e. The molecule has 10 heteroatoms. The van der Waals surface area contributed by atoms with Gasteiger partial charge in [0.1, 0.15) is 11.8 Å². The zero-order valence-electron chi connectivity index (χ0n) is 9.55. The van der Waals surface area contributed by atoms with Crippen LogP contribution < -0.4 is 0 Å². The van der Waals surface area contributed by atoms with Crippen LogP contribution in [0.2, 0.25) is 0 Å². The summed E-state index contributed by atoms with van der Waals surface area (Å²) >= 11 is 0. The van der Waals surface area contributed by atoms with Gasteiger partial charge in [0, 0.05) is 6.54 Å². The Morgan fingerprint density at radius 1 is 1.28 bits per heavy atom. The summed E-state index contributed by atoms with van der Waals surface area (Å²) in [4.78, 5) is 22.1. The lowest BCUT2D eigenvalue weighted by molar-refractivity contribution is -0.146. The molecule has 0 aliphatic heterocycles. The minimum Gasteiger partial charge on any atom is -0.480 e. The van der Waals surface area contributed by atoms with Gasteiger partial charge in [-0.25, -0.2) is 0 Å². The molecule has 2 atom stereocenters. The van der Waals surface area contributed by atoms with Gasteiger partial charge in [0.2, 0.25) is 0 Å². The van der Waals surface area contributed by atoms with Crippen molar-refractivity contribution >= 4 is 22.1 Å². The highest BCUT2D eigenvalue weighted by molar-refractivity contribution is 7.85. The van der Waals surface area contributed by atoms with Gasteiger partial charge in [-0.2, -0.15) is 8.42 Å². The summed E-state index contributed by atoms with van der Waals surface area (Å²) in [5.41, 5.74) is 0. The predicted molar refractivity (Wildman–Crippen MR) is 58.7 cm³/mol. The largest absolute Gasteiger partial charge is 0.480 e. The van der Waals surface area contributed by atoms with Crippen LogP contribution in [0.25, 0.3) is 0 Å². The molecule has 0 saturated heterocycles. The third kappa shape index (κ3) is 7.17. The first-order chi connectivity index (χ1) is 8.03. The number of rotatable bonds is 8. The average molecular weight is 285 g/mol. The summed E-state index contributed by atoms with van der Waals surface area (Å²) in [5.74, 6) is -3.62. The van der Waals surface area contributed by atoms with Crippen LogP contribution in [0.1, 0.15) is 6.92 Å². The Balaban J connectivity index is 4.68. The molecule has 0 aromatic rings. The Morgan fingerprint density at radius 2 is 1.78 bits per heavy atom. The molecule has 0 radical (unpaired) electrons. The summed E-state index contributed by atoms with van der Waals surface area (Å²) in [5, 5.41) is 26.6. The number of hydrogen-bond acceptors (Lipinski definition) is 6. The van der Waals surface area contributed by atoms with Crippen LogP contribution in [0.5, 0.6) is 0 Å². The first-order valence-electron chi connectivity index (χ1n) is 4.84. The van der Waals surface area contributed by atoms with Gasteiger partial charge in [0.05, 0.1) is 12.6 Å². The molecule has 106 valence electrons. The van der Waals surface area contributed by atoms with E-state index in [1.807, 2.05) is 0 Å². The van der Waals surface area contributed by atoms with Crippen molar-refractivity contribution in [2.75, 3.05) is 18.8 Å². The zero-order valence-corrected chi connectivity index (χ0v) is 10.4. The minimum absolute atomic E-state index is 0.500. The number of carboxylic acid groups (broad SMARTS) is 2. The molecule has 0 aliphatic carbocycles. The van der Waals surface area contributed by atoms with Crippen molar-refractivity contribution in [3.05, 3.63) is 0 Å². The monoisotopic (exact) mass is 285 g/mol. The van der Waals surface area contributed by atoms with E-state index in [9.17, 15) is 23.1 Å². The van der Waals surface area contributed by atoms with E-state index in [-0.39, 0.29) is 0 Å². The summed E-state index contributed by atoms with van der Waals surface area (Å²) in [6.45, 7) is 0.0288. The lowest BCUT2D eigenvalue weighted by atomic mass is 10.2. The molecular weight excluding hydrogens is 270 g/mol. The van der Waals surface area contributed by atoms with Gasteiger partial charge in [-0.1, -0.05) is 0 Å². The van der Waals surface area contributed by atoms with Gasteiger partial charge in [0.25, 0.3) is 10.1 Å². The maximum Gasteiger partial charge on any atom is 0.320 e. The number of aliphatic hydroxyl groups is 1. The second-order valence-corrected chi connectivity index (χ2v) is 5.24. The maximum atomic E-state index is 10.7. The molecule has 0 aromatic carbocycles. The summed E-state index contributed by atoms with van der Waals surface area (Å²) in [7, 11) is -4.41. The Kier molecular flexibility index (Phi) is 6.18. The highest BCUT2D eigenvalue weighted by Crippen LogP contribution is 2.03. The molecule has 0 aromatic heterocycles. The molecule has 0 rings (SSSR count). The molecule has 4 N–H and O–H groups in total. The van der Waals surface area contributed by atoms with Crippen LogP contribution in [0, 0.1) is 0 Å². The van der Waals surface area contributed by atoms with Crippen molar-refractivity contribution in [2.24, 2.45) is 0 Å². The van der Waals surface area contributed by atoms with Gasteiger partial charge in [-0.05, 0) is 6.92 Å². The first-order valence-corrected chi connectivity index (χ1v) is 6.45. The topological polar surface area (TPSA) is 152 Å². The van der Waals surface area contributed by atoms with Crippen LogP contribution in [0.15, 0.2) is 0 Å². The van der Waals surface area contributed by atoms with E-state index in [0.717, 1.165) is 4.90 Å². The highest BCUT2D eigenvalue weighted by atomic mass is 32.2. The van der Waals surface area contributed by atoms with E-state index in [0.29, 0.717) is 0 Å². The standard InChI is InChI=1S/C8H15NO8S/c1-5(8(13)14)9(3-7(11)12)2-6(10)4-18(15,16)17/h5-6,10H,2-4H2,1H3,(H,11,12)(H,13,14)(H,15,16,17). The van der Waals surface area contributed by atoms with Crippen molar-refractivity contribution in [1.82, 2.24) is 4.90 Å². The lowest BCUT2D eigenvalue weighted by Gasteiger charge is -2.26. The average Bonchev–Trinajstić information content (AvgIpc) is 2.11. The first kappa shape index (κ1) is 16.8. The molecule has 0 amide bonds. The Labute approximate surface area is 103 Å². The molecule has 0 heterocycles. The fraction of sp³-hybridized carbons (Fsp3) is 0.750. The number of nitrogens with zero attached hydrogens (tertiary/aromatic N) is 1. The fourth-order valence-electron chi connectivity index (χ4n) is 1.26. The van der Waals surface area contributed by atoms with E-state index in [2.05, 4.69) is 0 Å². The van der Waals surface area contributed by atoms with Gasteiger partial charge < -0.3 is 15.3 Å². The second-order valence-electron chi connectivity index (χ2n) is 3.74. The third-order valence-corrected chi connectivity index (χ3v) is 2.90. The Morgan fingerprint density at radius 3 is 2.11 bits per heavy atom. The van der Waals surface area contributed by atoms with Gasteiger partial charge >= 0.3 is 11.9 Å². The number of hydrogen-bond donors (Lipinski definition) is 4. The predicted octanol–water partition coefficient (Wildman–Crippen LogP) is -1.91. The number of carbonyl (C=O) groups is 2. The molecular formula is C8H15NO8S. The highest BCUT2D eigenvalue weighted by Gasteiger charge is 2.26. The molecule has 9 nitrogen and oxygen atoms in total. The van der Waals surface area contributed by atoms with E-state index in [1.165, 1.54) is 6.92 Å². The summed E-state index contributed by atoms with van der Waals surface area (Å²) < 4.78 is 29.5. The Hall–Kier alpha value is -1.23. The number of aliphatic carboxylic acids is 2. The van der Waals surface area contributed by atoms with E-state index in [4.69, 9.17) is 14.8 Å². The molecule has 0 fully saturated rings. The van der Waals surface area contributed by atoms with Crippen LogP contribution in [0.3, 0.4) is 0 Å². The molecule has 0 bridgehead atoms. The van der Waals surface area contributed by atoms with Crippen LogP contribution in [0.4, 0.5) is 0 Å². The fourth-order valence-corrected chi connectivity index (χ4v) is 1.85. The molecule has 0 saturated carbocycles. The van der Waals surface area contributed by atoms with Gasteiger partial charge in [0.15, 0.2) is 0 Å². The van der Waals surface area contributed by atoms with E-state index < -0.39 is 53.0 Å². The molecule has 0 spiro atoms. The molecule has 2 unspecified atom stereocenters. The van der Waals surface area contributed by atoms with Crippen molar-refractivity contribution in [3.8, 4) is 0 Å². The van der Waals surface area contributed by atoms with Crippen LogP contribution in [-0.4, -0.2) is 76.1 Å². The zero-order chi connectivity index (χ0) is 14.5. The third-order valence-electron chi connectivity index (χ3n) is 2.09. The number of aliphatic hydroxyl groups excluding tert-OH is 1. The summed E-state index contributed by atoms with van der Waals surface area (Å²) in [6.07, 6.45) is -1.58. The number of carboxylic acids is 2. The van der Waals surface area contributed by atoms with Gasteiger partial charge in [-0.3, -0.25) is 19.0 Å².